The number of alkyl halides is 3. The summed E-state index contributed by atoms with van der Waals surface area (Å²) in [6.07, 6.45) is -2.37. The Morgan fingerprint density at radius 3 is 2.33 bits per heavy atom. The summed E-state index contributed by atoms with van der Waals surface area (Å²) < 4.78 is 38.9. The number of aryl methyl sites for hydroxylation is 1. The lowest BCUT2D eigenvalue weighted by Crippen LogP contribution is -2.29. The Balaban J connectivity index is 1.48. The summed E-state index contributed by atoms with van der Waals surface area (Å²) in [7, 11) is 0. The molecule has 2 amide bonds. The minimum Gasteiger partial charge on any atom is -0.376 e. The molecule has 1 aliphatic rings. The number of halogens is 3. The molecule has 0 saturated carbocycles. The van der Waals surface area contributed by atoms with Gasteiger partial charge >= 0.3 is 6.18 Å². The van der Waals surface area contributed by atoms with Gasteiger partial charge < -0.3 is 15.5 Å². The smallest absolute Gasteiger partial charge is 0.376 e. The molecule has 1 fully saturated rings. The zero-order valence-electron chi connectivity index (χ0n) is 16.7. The Bertz CT molecular complexity index is 905. The van der Waals surface area contributed by atoms with Gasteiger partial charge in [0.2, 0.25) is 5.91 Å². The number of rotatable bonds is 6. The van der Waals surface area contributed by atoms with Gasteiger partial charge in [-0.3, -0.25) is 9.59 Å². The van der Waals surface area contributed by atoms with Gasteiger partial charge in [-0.2, -0.15) is 13.2 Å². The fraction of sp³-hybridized carbons (Fsp3) is 0.364. The molecule has 0 radical (unpaired) electrons. The van der Waals surface area contributed by atoms with Gasteiger partial charge in [0.15, 0.2) is 0 Å². The van der Waals surface area contributed by atoms with Crippen LogP contribution in [0.2, 0.25) is 0 Å². The van der Waals surface area contributed by atoms with Crippen LogP contribution in [0.25, 0.3) is 0 Å². The van der Waals surface area contributed by atoms with Crippen molar-refractivity contribution in [1.29, 1.82) is 0 Å². The van der Waals surface area contributed by atoms with Crippen LogP contribution in [0, 0.1) is 6.92 Å². The third-order valence-corrected chi connectivity index (χ3v) is 5.08. The van der Waals surface area contributed by atoms with E-state index in [4.69, 9.17) is 0 Å². The Labute approximate surface area is 173 Å². The molecule has 0 bridgehead atoms. The number of likely N-dealkylation sites (tertiary alicyclic amines) is 1. The molecule has 0 aromatic heterocycles. The van der Waals surface area contributed by atoms with E-state index in [1.807, 2.05) is 4.90 Å². The zero-order chi connectivity index (χ0) is 21.7. The average molecular weight is 419 g/mol. The van der Waals surface area contributed by atoms with Gasteiger partial charge in [0.1, 0.15) is 0 Å². The van der Waals surface area contributed by atoms with Gasteiger partial charge in [0, 0.05) is 30.9 Å². The molecule has 5 nitrogen and oxygen atoms in total. The topological polar surface area (TPSA) is 61.4 Å². The Kier molecular flexibility index (Phi) is 6.64. The molecular formula is C22H24F3N3O2. The molecule has 1 heterocycles. The maximum atomic E-state index is 13.0. The van der Waals surface area contributed by atoms with Crippen LogP contribution in [0.3, 0.4) is 0 Å². The van der Waals surface area contributed by atoms with Crippen LogP contribution < -0.4 is 10.6 Å². The van der Waals surface area contributed by atoms with Gasteiger partial charge in [-0.05, 0) is 55.2 Å². The van der Waals surface area contributed by atoms with Gasteiger partial charge in [-0.1, -0.05) is 18.2 Å². The Hall–Kier alpha value is -3.03. The van der Waals surface area contributed by atoms with Gasteiger partial charge in [-0.25, -0.2) is 0 Å². The van der Waals surface area contributed by atoms with Crippen molar-refractivity contribution in [2.24, 2.45) is 0 Å². The number of carbonyl (C=O) groups is 2. The van der Waals surface area contributed by atoms with E-state index < -0.39 is 11.7 Å². The SMILES string of the molecule is Cc1ccc(NCC(=O)NCc2ccc(C(=O)N3CCCC3)cc2)cc1C(F)(F)F. The predicted octanol–water partition coefficient (Wildman–Crippen LogP) is 3.98. The third kappa shape index (κ3) is 5.52. The molecule has 2 aromatic carbocycles. The van der Waals surface area contributed by atoms with Gasteiger partial charge in [0.25, 0.3) is 5.91 Å². The number of benzene rings is 2. The van der Waals surface area contributed by atoms with Crippen molar-refractivity contribution in [2.75, 3.05) is 25.0 Å². The first-order chi connectivity index (χ1) is 14.2. The second-order valence-electron chi connectivity index (χ2n) is 7.35. The highest BCUT2D eigenvalue weighted by Gasteiger charge is 2.32. The fourth-order valence-electron chi connectivity index (χ4n) is 3.35. The summed E-state index contributed by atoms with van der Waals surface area (Å²) in [5.74, 6) is -0.329. The van der Waals surface area contributed by atoms with Crippen LogP contribution in [0.1, 0.15) is 39.9 Å². The third-order valence-electron chi connectivity index (χ3n) is 5.08. The first kappa shape index (κ1) is 21.7. The van der Waals surface area contributed by atoms with Crippen molar-refractivity contribution in [3.05, 3.63) is 64.7 Å². The van der Waals surface area contributed by atoms with Crippen LogP contribution in [-0.4, -0.2) is 36.3 Å². The van der Waals surface area contributed by atoms with Crippen LogP contribution >= 0.6 is 0 Å². The van der Waals surface area contributed by atoms with E-state index >= 15 is 0 Å². The minimum atomic E-state index is -4.44. The minimum absolute atomic E-state index is 0.0172. The molecule has 1 saturated heterocycles. The van der Waals surface area contributed by atoms with Crippen LogP contribution in [0.4, 0.5) is 18.9 Å². The second kappa shape index (κ2) is 9.19. The molecule has 0 aliphatic carbocycles. The van der Waals surface area contributed by atoms with Crippen molar-refractivity contribution < 1.29 is 22.8 Å². The first-order valence-electron chi connectivity index (χ1n) is 9.80. The lowest BCUT2D eigenvalue weighted by Gasteiger charge is -2.15. The summed E-state index contributed by atoms with van der Waals surface area (Å²) in [4.78, 5) is 26.2. The highest BCUT2D eigenvalue weighted by molar-refractivity contribution is 5.94. The van der Waals surface area contributed by atoms with Crippen LogP contribution in [0.15, 0.2) is 42.5 Å². The van der Waals surface area contributed by atoms with Crippen LogP contribution in [0.5, 0.6) is 0 Å². The van der Waals surface area contributed by atoms with E-state index in [9.17, 15) is 22.8 Å². The maximum Gasteiger partial charge on any atom is 0.416 e. The van der Waals surface area contributed by atoms with Crippen molar-refractivity contribution in [1.82, 2.24) is 10.2 Å². The number of hydrogen-bond acceptors (Lipinski definition) is 3. The van der Waals surface area contributed by atoms with E-state index in [1.54, 1.807) is 24.3 Å². The fourth-order valence-corrected chi connectivity index (χ4v) is 3.35. The van der Waals surface area contributed by atoms with Crippen LogP contribution in [-0.2, 0) is 17.5 Å². The molecule has 2 aromatic rings. The lowest BCUT2D eigenvalue weighted by atomic mass is 10.1. The highest BCUT2D eigenvalue weighted by Crippen LogP contribution is 2.33. The van der Waals surface area contributed by atoms with Crippen molar-refractivity contribution in [2.45, 2.75) is 32.5 Å². The van der Waals surface area contributed by atoms with E-state index in [2.05, 4.69) is 10.6 Å². The number of nitrogens with one attached hydrogen (secondary N) is 2. The Morgan fingerprint density at radius 1 is 1.03 bits per heavy atom. The molecule has 8 heteroatoms. The van der Waals surface area contributed by atoms with Crippen molar-refractivity contribution >= 4 is 17.5 Å². The molecular weight excluding hydrogens is 395 g/mol. The average Bonchev–Trinajstić information content (AvgIpc) is 3.25. The quantitative estimate of drug-likeness (QED) is 0.745. The number of nitrogens with zero attached hydrogens (tertiary/aromatic N) is 1. The van der Waals surface area contributed by atoms with Crippen molar-refractivity contribution in [3.63, 3.8) is 0 Å². The first-order valence-corrected chi connectivity index (χ1v) is 9.80. The monoisotopic (exact) mass is 419 g/mol. The largest absolute Gasteiger partial charge is 0.416 e. The summed E-state index contributed by atoms with van der Waals surface area (Å²) in [6, 6.07) is 10.9. The van der Waals surface area contributed by atoms with E-state index in [-0.39, 0.29) is 36.2 Å². The number of anilines is 1. The maximum absolute atomic E-state index is 13.0. The molecule has 0 unspecified atom stereocenters. The molecule has 0 atom stereocenters. The predicted molar refractivity (Wildman–Crippen MR) is 108 cm³/mol. The van der Waals surface area contributed by atoms with Gasteiger partial charge in [-0.15, -0.1) is 0 Å². The highest BCUT2D eigenvalue weighted by atomic mass is 19.4. The van der Waals surface area contributed by atoms with Crippen molar-refractivity contribution in [3.8, 4) is 0 Å². The number of carbonyl (C=O) groups excluding carboxylic acids is 2. The Morgan fingerprint density at radius 2 is 1.70 bits per heavy atom. The molecule has 1 aliphatic heterocycles. The summed E-state index contributed by atoms with van der Waals surface area (Å²) in [5.41, 5.74) is 1.08. The molecule has 3 rings (SSSR count). The number of hydrogen-bond donors (Lipinski definition) is 2. The zero-order valence-corrected chi connectivity index (χ0v) is 16.7. The lowest BCUT2D eigenvalue weighted by molar-refractivity contribution is -0.138. The summed E-state index contributed by atoms with van der Waals surface area (Å²) in [5, 5.41) is 5.42. The second-order valence-corrected chi connectivity index (χ2v) is 7.35. The summed E-state index contributed by atoms with van der Waals surface area (Å²) in [6.45, 7) is 3.08. The van der Waals surface area contributed by atoms with Gasteiger partial charge in [0.05, 0.1) is 12.1 Å². The van der Waals surface area contributed by atoms with E-state index in [0.717, 1.165) is 37.6 Å². The van der Waals surface area contributed by atoms with E-state index in [1.165, 1.54) is 19.1 Å². The number of amides is 2. The molecule has 30 heavy (non-hydrogen) atoms. The van der Waals surface area contributed by atoms with E-state index in [0.29, 0.717) is 5.56 Å². The molecule has 2 N–H and O–H groups in total. The molecule has 160 valence electrons. The summed E-state index contributed by atoms with van der Waals surface area (Å²) >= 11 is 0. The normalized spacial score (nSPS) is 13.9. The molecule has 0 spiro atoms. The standard InChI is InChI=1S/C22H24F3N3O2/c1-15-4-9-18(12-19(15)22(23,24)25)26-14-20(29)27-13-16-5-7-17(8-6-16)21(30)28-10-2-3-11-28/h4-9,12,26H,2-3,10-11,13-14H2,1H3,(H,27,29).